The van der Waals surface area contributed by atoms with E-state index in [-0.39, 0.29) is 12.5 Å². The van der Waals surface area contributed by atoms with E-state index in [2.05, 4.69) is 0 Å². The van der Waals surface area contributed by atoms with Gasteiger partial charge in [0.25, 0.3) is 5.91 Å². The van der Waals surface area contributed by atoms with Crippen molar-refractivity contribution in [2.45, 2.75) is 16.6 Å². The van der Waals surface area contributed by atoms with Gasteiger partial charge in [-0.2, -0.15) is 0 Å². The van der Waals surface area contributed by atoms with Gasteiger partial charge in [-0.25, -0.2) is 8.42 Å². The van der Waals surface area contributed by atoms with E-state index in [0.29, 0.717) is 28.4 Å². The maximum atomic E-state index is 12.6. The van der Waals surface area contributed by atoms with Gasteiger partial charge in [-0.15, -0.1) is 0 Å². The van der Waals surface area contributed by atoms with E-state index in [1.54, 1.807) is 59.5 Å². The van der Waals surface area contributed by atoms with Crippen LogP contribution < -0.4 is 0 Å². The second-order valence-electron chi connectivity index (χ2n) is 5.50. The van der Waals surface area contributed by atoms with Gasteiger partial charge in [-0.1, -0.05) is 41.9 Å². The molecule has 0 saturated carbocycles. The van der Waals surface area contributed by atoms with Crippen molar-refractivity contribution < 1.29 is 13.2 Å². The Morgan fingerprint density at radius 2 is 1.70 bits per heavy atom. The largest absolute Gasteiger partial charge is 0.337 e. The number of hydrogen-bond donors (Lipinski definition) is 0. The van der Waals surface area contributed by atoms with E-state index in [9.17, 15) is 13.2 Å². The van der Waals surface area contributed by atoms with Crippen LogP contribution in [0.4, 0.5) is 0 Å². The van der Waals surface area contributed by atoms with Crippen molar-refractivity contribution in [1.29, 1.82) is 0 Å². The summed E-state index contributed by atoms with van der Waals surface area (Å²) in [5.41, 5.74) is 0.409. The van der Waals surface area contributed by atoms with E-state index >= 15 is 0 Å². The summed E-state index contributed by atoms with van der Waals surface area (Å²) >= 11 is 6.05. The van der Waals surface area contributed by atoms with E-state index in [1.165, 1.54) is 0 Å². The first-order valence-corrected chi connectivity index (χ1v) is 9.25. The summed E-state index contributed by atoms with van der Waals surface area (Å²) in [6.45, 7) is 0.613. The number of likely N-dealkylation sites (tertiary alicyclic amines) is 1. The SMILES string of the molecule is O=C(c1ccccc1Cl)N1CCC(S(=O)(=O)c2ccccc2)C1. The summed E-state index contributed by atoms with van der Waals surface area (Å²) in [4.78, 5) is 14.4. The van der Waals surface area contributed by atoms with E-state index < -0.39 is 15.1 Å². The average molecular weight is 350 g/mol. The highest BCUT2D eigenvalue weighted by Gasteiger charge is 2.36. The molecule has 1 atom stereocenters. The Morgan fingerprint density at radius 3 is 2.39 bits per heavy atom. The number of carbonyl (C=O) groups is 1. The highest BCUT2D eigenvalue weighted by Crippen LogP contribution is 2.26. The maximum absolute atomic E-state index is 12.6. The first-order chi connectivity index (χ1) is 11.0. The number of rotatable bonds is 3. The minimum atomic E-state index is -3.42. The molecule has 0 aromatic heterocycles. The van der Waals surface area contributed by atoms with Gasteiger partial charge in [0.05, 0.1) is 20.7 Å². The van der Waals surface area contributed by atoms with Gasteiger partial charge in [0.2, 0.25) is 0 Å². The van der Waals surface area contributed by atoms with Crippen LogP contribution >= 0.6 is 11.6 Å². The van der Waals surface area contributed by atoms with Crippen LogP contribution in [0.1, 0.15) is 16.8 Å². The fourth-order valence-corrected chi connectivity index (χ4v) is 4.70. The summed E-state index contributed by atoms with van der Waals surface area (Å²) < 4.78 is 25.3. The highest BCUT2D eigenvalue weighted by atomic mass is 35.5. The third-order valence-corrected chi connectivity index (χ3v) is 6.57. The van der Waals surface area contributed by atoms with Gasteiger partial charge in [0.15, 0.2) is 9.84 Å². The molecule has 6 heteroatoms. The molecular formula is C17H16ClNO3S. The lowest BCUT2D eigenvalue weighted by atomic mass is 10.2. The fourth-order valence-electron chi connectivity index (χ4n) is 2.77. The number of hydrogen-bond acceptors (Lipinski definition) is 3. The number of benzene rings is 2. The molecule has 0 spiro atoms. The Kier molecular flexibility index (Phi) is 4.41. The van der Waals surface area contributed by atoms with Crippen molar-refractivity contribution in [2.75, 3.05) is 13.1 Å². The molecule has 2 aromatic rings. The van der Waals surface area contributed by atoms with Gasteiger partial charge >= 0.3 is 0 Å². The van der Waals surface area contributed by atoms with E-state index in [4.69, 9.17) is 11.6 Å². The Balaban J connectivity index is 1.79. The molecule has 2 aromatic carbocycles. The zero-order valence-electron chi connectivity index (χ0n) is 12.4. The number of halogens is 1. The molecule has 0 bridgehead atoms. The van der Waals surface area contributed by atoms with Crippen LogP contribution in [0.15, 0.2) is 59.5 Å². The molecule has 0 radical (unpaired) electrons. The number of amides is 1. The van der Waals surface area contributed by atoms with Gasteiger partial charge in [-0.05, 0) is 30.7 Å². The minimum absolute atomic E-state index is 0.196. The van der Waals surface area contributed by atoms with Crippen molar-refractivity contribution in [3.05, 3.63) is 65.2 Å². The number of sulfone groups is 1. The summed E-state index contributed by atoms with van der Waals surface area (Å²) in [6.07, 6.45) is 0.438. The van der Waals surface area contributed by atoms with Crippen molar-refractivity contribution >= 4 is 27.3 Å². The van der Waals surface area contributed by atoms with Crippen molar-refractivity contribution in [3.63, 3.8) is 0 Å². The second kappa shape index (κ2) is 6.34. The Labute approximate surface area is 140 Å². The standard InChI is InChI=1S/C17H16ClNO3S/c18-16-9-5-4-8-15(16)17(20)19-11-10-14(12-19)23(21,22)13-6-2-1-3-7-13/h1-9,14H,10-12H2. The first-order valence-electron chi connectivity index (χ1n) is 7.33. The number of carbonyl (C=O) groups excluding carboxylic acids is 1. The van der Waals surface area contributed by atoms with E-state index in [0.717, 1.165) is 0 Å². The molecular weight excluding hydrogens is 334 g/mol. The lowest BCUT2D eigenvalue weighted by Crippen LogP contribution is -2.32. The molecule has 1 amide bonds. The first kappa shape index (κ1) is 16.0. The van der Waals surface area contributed by atoms with Crippen LogP contribution in [0.5, 0.6) is 0 Å². The van der Waals surface area contributed by atoms with Gasteiger partial charge < -0.3 is 4.90 Å². The monoisotopic (exact) mass is 349 g/mol. The summed E-state index contributed by atoms with van der Waals surface area (Å²) in [5, 5.41) is -0.191. The molecule has 1 aliphatic rings. The topological polar surface area (TPSA) is 54.5 Å². The highest BCUT2D eigenvalue weighted by molar-refractivity contribution is 7.92. The fraction of sp³-hybridized carbons (Fsp3) is 0.235. The molecule has 23 heavy (non-hydrogen) atoms. The van der Waals surface area contributed by atoms with Crippen LogP contribution in [0, 0.1) is 0 Å². The van der Waals surface area contributed by atoms with Gasteiger partial charge in [-0.3, -0.25) is 4.79 Å². The smallest absolute Gasteiger partial charge is 0.255 e. The zero-order valence-corrected chi connectivity index (χ0v) is 13.9. The molecule has 1 unspecified atom stereocenters. The van der Waals surface area contributed by atoms with Gasteiger partial charge in [0.1, 0.15) is 0 Å². The van der Waals surface area contributed by atoms with Crippen molar-refractivity contribution in [2.24, 2.45) is 0 Å². The zero-order chi connectivity index (χ0) is 16.4. The Hall–Kier alpha value is -1.85. The quantitative estimate of drug-likeness (QED) is 0.855. The molecule has 1 heterocycles. The molecule has 0 N–H and O–H groups in total. The molecule has 3 rings (SSSR count). The van der Waals surface area contributed by atoms with Crippen LogP contribution in [0.2, 0.25) is 5.02 Å². The van der Waals surface area contributed by atoms with Gasteiger partial charge in [0, 0.05) is 13.1 Å². The number of nitrogens with zero attached hydrogens (tertiary/aromatic N) is 1. The van der Waals surface area contributed by atoms with E-state index in [1.807, 2.05) is 0 Å². The average Bonchev–Trinajstić information content (AvgIpc) is 3.06. The summed E-state index contributed by atoms with van der Waals surface area (Å²) in [7, 11) is -3.42. The predicted molar refractivity (Wildman–Crippen MR) is 89.4 cm³/mol. The van der Waals surface area contributed by atoms with Crippen molar-refractivity contribution in [3.8, 4) is 0 Å². The third-order valence-electron chi connectivity index (χ3n) is 4.05. The molecule has 1 aliphatic heterocycles. The lowest BCUT2D eigenvalue weighted by molar-refractivity contribution is 0.0793. The third kappa shape index (κ3) is 3.12. The van der Waals surface area contributed by atoms with Crippen LogP contribution in [-0.2, 0) is 9.84 Å². The summed E-state index contributed by atoms with van der Waals surface area (Å²) in [5.74, 6) is -0.221. The predicted octanol–water partition coefficient (Wildman–Crippen LogP) is 3.03. The Morgan fingerprint density at radius 1 is 1.04 bits per heavy atom. The molecule has 1 fully saturated rings. The Bertz CT molecular complexity index is 821. The maximum Gasteiger partial charge on any atom is 0.255 e. The lowest BCUT2D eigenvalue weighted by Gasteiger charge is -2.17. The molecule has 120 valence electrons. The summed E-state index contributed by atoms with van der Waals surface area (Å²) in [6, 6.07) is 15.2. The molecule has 4 nitrogen and oxygen atoms in total. The van der Waals surface area contributed by atoms with Crippen LogP contribution in [0.3, 0.4) is 0 Å². The van der Waals surface area contributed by atoms with Crippen LogP contribution in [-0.4, -0.2) is 37.6 Å². The molecule has 0 aliphatic carbocycles. The van der Waals surface area contributed by atoms with Crippen LogP contribution in [0.25, 0.3) is 0 Å². The second-order valence-corrected chi connectivity index (χ2v) is 8.14. The minimum Gasteiger partial charge on any atom is -0.337 e. The van der Waals surface area contributed by atoms with Crippen molar-refractivity contribution in [1.82, 2.24) is 4.90 Å². The molecule has 1 saturated heterocycles. The normalized spacial score (nSPS) is 18.1.